The molecule has 2 fully saturated rings. The standard InChI is InChI=1S/C28H30ClN5O2/c1-2-27(35)31-22-4-3-5-24(18-22)36-28-25(29)12-13-26(32-28)30-21-8-10-23(11-9-21)34-16-14-33(15-17-34)19-20-6-7-20/h2-5,8-13,18,20H,1,6-7,14-17,19H2,(H,30,32)(H,31,35). The van der Waals surface area contributed by atoms with Crippen molar-refractivity contribution in [2.24, 2.45) is 5.92 Å². The van der Waals surface area contributed by atoms with Gasteiger partial charge in [0.15, 0.2) is 0 Å². The number of hydrogen-bond donors (Lipinski definition) is 2. The Balaban J connectivity index is 1.20. The van der Waals surface area contributed by atoms with Gasteiger partial charge in [0.1, 0.15) is 16.6 Å². The molecule has 8 heteroatoms. The van der Waals surface area contributed by atoms with Crippen LogP contribution in [-0.4, -0.2) is 48.5 Å². The monoisotopic (exact) mass is 503 g/mol. The lowest BCUT2D eigenvalue weighted by atomic mass is 10.2. The minimum Gasteiger partial charge on any atom is -0.437 e. The Labute approximate surface area is 216 Å². The summed E-state index contributed by atoms with van der Waals surface area (Å²) in [5.41, 5.74) is 2.76. The Morgan fingerprint density at radius 2 is 1.83 bits per heavy atom. The summed E-state index contributed by atoms with van der Waals surface area (Å²) in [5.74, 6) is 2.05. The van der Waals surface area contributed by atoms with Crippen LogP contribution in [0.2, 0.25) is 5.02 Å². The summed E-state index contributed by atoms with van der Waals surface area (Å²) in [5, 5.41) is 6.42. The fraction of sp³-hybridized carbons (Fsp3) is 0.286. The van der Waals surface area contributed by atoms with E-state index < -0.39 is 0 Å². The van der Waals surface area contributed by atoms with E-state index in [4.69, 9.17) is 16.3 Å². The number of ether oxygens (including phenoxy) is 1. The van der Waals surface area contributed by atoms with Crippen LogP contribution in [0, 0.1) is 5.92 Å². The van der Waals surface area contributed by atoms with Gasteiger partial charge in [0.05, 0.1) is 0 Å². The van der Waals surface area contributed by atoms with Crippen molar-refractivity contribution in [2.45, 2.75) is 12.8 Å². The van der Waals surface area contributed by atoms with E-state index in [1.54, 1.807) is 30.3 Å². The molecule has 2 heterocycles. The zero-order valence-electron chi connectivity index (χ0n) is 20.1. The van der Waals surface area contributed by atoms with E-state index in [2.05, 4.69) is 56.3 Å². The van der Waals surface area contributed by atoms with Crippen molar-refractivity contribution in [3.8, 4) is 11.6 Å². The van der Waals surface area contributed by atoms with Crippen molar-refractivity contribution < 1.29 is 9.53 Å². The molecule has 0 spiro atoms. The van der Waals surface area contributed by atoms with Crippen LogP contribution in [0.4, 0.5) is 22.9 Å². The van der Waals surface area contributed by atoms with Gasteiger partial charge >= 0.3 is 0 Å². The minimum atomic E-state index is -0.295. The Hall–Kier alpha value is -3.55. The minimum absolute atomic E-state index is 0.273. The van der Waals surface area contributed by atoms with E-state index in [0.29, 0.717) is 22.3 Å². The number of halogens is 1. The summed E-state index contributed by atoms with van der Waals surface area (Å²) in [6, 6.07) is 19.0. The molecule has 2 N–H and O–H groups in total. The first kappa shape index (κ1) is 24.2. The summed E-state index contributed by atoms with van der Waals surface area (Å²) in [4.78, 5) is 21.2. The van der Waals surface area contributed by atoms with Crippen LogP contribution in [0.1, 0.15) is 12.8 Å². The van der Waals surface area contributed by atoms with Gasteiger partial charge in [-0.15, -0.1) is 0 Å². The molecule has 1 aliphatic carbocycles. The lowest BCUT2D eigenvalue weighted by Crippen LogP contribution is -2.47. The smallest absolute Gasteiger partial charge is 0.247 e. The molecule has 186 valence electrons. The van der Waals surface area contributed by atoms with Crippen molar-refractivity contribution in [2.75, 3.05) is 48.3 Å². The van der Waals surface area contributed by atoms with E-state index in [9.17, 15) is 4.79 Å². The first-order valence-corrected chi connectivity index (χ1v) is 12.7. The molecule has 1 aromatic heterocycles. The van der Waals surface area contributed by atoms with Crippen LogP contribution >= 0.6 is 11.6 Å². The maximum absolute atomic E-state index is 11.6. The molecule has 7 nitrogen and oxygen atoms in total. The SMILES string of the molecule is C=CC(=O)Nc1cccc(Oc2nc(Nc3ccc(N4CCN(CC5CC5)CC4)cc3)ccc2Cl)c1. The number of carbonyl (C=O) groups excluding carboxylic acids is 1. The molecule has 36 heavy (non-hydrogen) atoms. The van der Waals surface area contributed by atoms with Gasteiger partial charge in [0.25, 0.3) is 0 Å². The average molecular weight is 504 g/mol. The number of benzene rings is 2. The van der Waals surface area contributed by atoms with Crippen LogP contribution < -0.4 is 20.3 Å². The summed E-state index contributed by atoms with van der Waals surface area (Å²) in [6.07, 6.45) is 4.03. The van der Waals surface area contributed by atoms with Gasteiger partial charge in [-0.3, -0.25) is 9.69 Å². The molecule has 0 radical (unpaired) electrons. The number of nitrogens with zero attached hydrogens (tertiary/aromatic N) is 3. The second-order valence-electron chi connectivity index (χ2n) is 9.21. The van der Waals surface area contributed by atoms with Crippen molar-refractivity contribution >= 4 is 40.4 Å². The Kier molecular flexibility index (Phi) is 7.39. The highest BCUT2D eigenvalue weighted by molar-refractivity contribution is 6.31. The molecule has 1 aliphatic heterocycles. The van der Waals surface area contributed by atoms with Crippen LogP contribution in [0.5, 0.6) is 11.6 Å². The second-order valence-corrected chi connectivity index (χ2v) is 9.62. The quantitative estimate of drug-likeness (QED) is 0.353. The van der Waals surface area contributed by atoms with Crippen molar-refractivity contribution in [3.05, 3.63) is 78.3 Å². The van der Waals surface area contributed by atoms with Gasteiger partial charge < -0.3 is 20.3 Å². The fourth-order valence-electron chi connectivity index (χ4n) is 4.26. The molecule has 1 saturated heterocycles. The number of aromatic nitrogens is 1. The molecule has 3 aromatic rings. The van der Waals surface area contributed by atoms with Gasteiger partial charge in [0.2, 0.25) is 11.8 Å². The average Bonchev–Trinajstić information content (AvgIpc) is 3.71. The number of amides is 1. The van der Waals surface area contributed by atoms with Crippen LogP contribution in [0.15, 0.2) is 73.3 Å². The topological polar surface area (TPSA) is 69.7 Å². The third-order valence-corrected chi connectivity index (χ3v) is 6.69. The predicted molar refractivity (Wildman–Crippen MR) is 146 cm³/mol. The van der Waals surface area contributed by atoms with Gasteiger partial charge in [-0.1, -0.05) is 24.2 Å². The summed E-state index contributed by atoms with van der Waals surface area (Å²) in [6.45, 7) is 9.14. The molecule has 2 aliphatic rings. The van der Waals surface area contributed by atoms with Crippen LogP contribution in [0.25, 0.3) is 0 Å². The Morgan fingerprint density at radius 3 is 2.56 bits per heavy atom. The summed E-state index contributed by atoms with van der Waals surface area (Å²) < 4.78 is 5.91. The van der Waals surface area contributed by atoms with Crippen molar-refractivity contribution in [1.29, 1.82) is 0 Å². The lowest BCUT2D eigenvalue weighted by molar-refractivity contribution is -0.111. The molecule has 2 aromatic carbocycles. The third-order valence-electron chi connectivity index (χ3n) is 6.41. The first-order chi connectivity index (χ1) is 17.6. The number of piperazine rings is 1. The predicted octanol–water partition coefficient (Wildman–Crippen LogP) is 5.93. The lowest BCUT2D eigenvalue weighted by Gasteiger charge is -2.36. The highest BCUT2D eigenvalue weighted by Gasteiger charge is 2.26. The van der Waals surface area contributed by atoms with E-state index >= 15 is 0 Å². The van der Waals surface area contributed by atoms with Gasteiger partial charge in [-0.25, -0.2) is 0 Å². The largest absolute Gasteiger partial charge is 0.437 e. The van der Waals surface area contributed by atoms with E-state index in [0.717, 1.165) is 37.8 Å². The molecule has 1 saturated carbocycles. The van der Waals surface area contributed by atoms with Crippen molar-refractivity contribution in [1.82, 2.24) is 9.88 Å². The maximum Gasteiger partial charge on any atom is 0.247 e. The van der Waals surface area contributed by atoms with E-state index in [1.807, 2.05) is 6.07 Å². The summed E-state index contributed by atoms with van der Waals surface area (Å²) >= 11 is 6.34. The number of carbonyl (C=O) groups is 1. The van der Waals surface area contributed by atoms with Gasteiger partial charge in [-0.2, -0.15) is 4.98 Å². The normalized spacial score (nSPS) is 15.9. The first-order valence-electron chi connectivity index (χ1n) is 12.3. The second kappa shape index (κ2) is 11.0. The molecule has 0 unspecified atom stereocenters. The molecular weight excluding hydrogens is 474 g/mol. The fourth-order valence-corrected chi connectivity index (χ4v) is 4.41. The summed E-state index contributed by atoms with van der Waals surface area (Å²) in [7, 11) is 0. The Bertz CT molecular complexity index is 1220. The number of pyridine rings is 1. The Morgan fingerprint density at radius 1 is 1.06 bits per heavy atom. The van der Waals surface area contributed by atoms with Gasteiger partial charge in [-0.05, 0) is 73.4 Å². The van der Waals surface area contributed by atoms with Gasteiger partial charge in [0, 0.05) is 55.9 Å². The number of nitrogens with one attached hydrogen (secondary N) is 2. The van der Waals surface area contributed by atoms with Crippen molar-refractivity contribution in [3.63, 3.8) is 0 Å². The van der Waals surface area contributed by atoms with Crippen LogP contribution in [-0.2, 0) is 4.79 Å². The number of hydrogen-bond acceptors (Lipinski definition) is 6. The molecule has 0 bridgehead atoms. The van der Waals surface area contributed by atoms with E-state index in [-0.39, 0.29) is 11.8 Å². The molecule has 0 atom stereocenters. The number of anilines is 4. The maximum atomic E-state index is 11.6. The molecule has 5 rings (SSSR count). The van der Waals surface area contributed by atoms with Crippen LogP contribution in [0.3, 0.4) is 0 Å². The zero-order chi connectivity index (χ0) is 24.9. The van der Waals surface area contributed by atoms with E-state index in [1.165, 1.54) is 31.1 Å². The number of rotatable bonds is 9. The zero-order valence-corrected chi connectivity index (χ0v) is 20.9. The molecule has 1 amide bonds. The molecular formula is C28H30ClN5O2. The highest BCUT2D eigenvalue weighted by Crippen LogP contribution is 2.32. The highest BCUT2D eigenvalue weighted by atomic mass is 35.5. The third kappa shape index (κ3) is 6.36.